The maximum atomic E-state index is 10.1. The number of rotatable bonds is 1. The van der Waals surface area contributed by atoms with Gasteiger partial charge in [0.15, 0.2) is 11.5 Å². The van der Waals surface area contributed by atoms with Crippen molar-refractivity contribution in [2.75, 3.05) is 14.2 Å². The van der Waals surface area contributed by atoms with Crippen molar-refractivity contribution in [3.05, 3.63) is 78.8 Å². The Bertz CT molecular complexity index is 1590. The zero-order chi connectivity index (χ0) is 37.5. The van der Waals surface area contributed by atoms with Crippen molar-refractivity contribution in [1.29, 1.82) is 0 Å². The summed E-state index contributed by atoms with van der Waals surface area (Å²) in [6, 6.07) is 8.35. The van der Waals surface area contributed by atoms with Crippen LogP contribution in [0.1, 0.15) is 138 Å². The number of fused-ring (bicyclic) bond motifs is 3. The molecule has 0 amide bonds. The molecule has 0 aliphatic heterocycles. The summed E-state index contributed by atoms with van der Waals surface area (Å²) in [7, 11) is 2.39. The quantitative estimate of drug-likeness (QED) is 0.215. The van der Waals surface area contributed by atoms with Crippen LogP contribution in [0.5, 0.6) is 23.0 Å². The van der Waals surface area contributed by atoms with Crippen LogP contribution in [0.2, 0.25) is 0 Å². The zero-order valence-electron chi connectivity index (χ0n) is 32.4. The number of phenolic OH excluding ortho intramolecular Hbond substituents is 3. The average Bonchev–Trinajstić information content (AvgIpc) is 3.04. The Kier molecular flexibility index (Phi) is 21.1. The van der Waals surface area contributed by atoms with Gasteiger partial charge < -0.3 is 25.2 Å². The van der Waals surface area contributed by atoms with E-state index in [4.69, 9.17) is 9.84 Å². The van der Waals surface area contributed by atoms with E-state index in [9.17, 15) is 15.3 Å². The molecule has 3 aromatic rings. The van der Waals surface area contributed by atoms with Crippen LogP contribution in [-0.4, -0.2) is 29.5 Å². The standard InChI is InChI=1S/C14H20O2.C13H17BrO.C13H18O.CH3O.CH4.BrH.Cu.Na/c1-9-8-10-6-5-7-14(2,3)11(10)13(16-4)12(9)15;1-8-7-9-5-4-6-13(2,3)10(9)11(14)12(8)15;1-9-7-10-5-4-6-13(2,3)11(10)8-12(9)14;1-2;;;;/h8,15H,5-7H2,1-4H3;7,15H,4-6H2,1-3H3;7-8,14H,4-6H2,1-3H3;1H3;1H4;1H;;/q;;;-1;;;2*+1/p-1. The normalized spacial score (nSPS) is 16.6. The van der Waals surface area contributed by atoms with Gasteiger partial charge in [-0.15, -0.1) is 0 Å². The van der Waals surface area contributed by atoms with Crippen LogP contribution in [0.25, 0.3) is 0 Å². The summed E-state index contributed by atoms with van der Waals surface area (Å²) >= 11 is 10.0. The molecule has 9 heteroatoms. The van der Waals surface area contributed by atoms with Gasteiger partial charge >= 0.3 is 57.9 Å². The van der Waals surface area contributed by atoms with Gasteiger partial charge in [-0.25, -0.2) is 0 Å². The van der Waals surface area contributed by atoms with Crippen LogP contribution < -0.4 is 39.4 Å². The van der Waals surface area contributed by atoms with Crippen molar-refractivity contribution in [3.8, 4) is 23.0 Å². The van der Waals surface area contributed by atoms with E-state index in [-0.39, 0.29) is 53.2 Å². The fraction of sp³-hybridized carbons (Fsp3) is 0.571. The van der Waals surface area contributed by atoms with Crippen molar-refractivity contribution in [2.24, 2.45) is 0 Å². The van der Waals surface area contributed by atoms with Crippen molar-refractivity contribution in [3.63, 3.8) is 0 Å². The number of aryl methyl sites for hydroxylation is 6. The van der Waals surface area contributed by atoms with Gasteiger partial charge in [0.2, 0.25) is 0 Å². The van der Waals surface area contributed by atoms with Gasteiger partial charge in [0.05, 0.1) is 11.6 Å². The molecule has 51 heavy (non-hydrogen) atoms. The topological polar surface area (TPSA) is 93.0 Å². The molecule has 6 rings (SSSR count). The summed E-state index contributed by atoms with van der Waals surface area (Å²) in [4.78, 5) is 0. The van der Waals surface area contributed by atoms with E-state index in [1.54, 1.807) is 7.11 Å². The number of methoxy groups -OCH3 is 1. The molecule has 0 aromatic heterocycles. The molecule has 0 bridgehead atoms. The minimum atomic E-state index is 0. The first-order valence-electron chi connectivity index (χ1n) is 17.2. The minimum Gasteiger partial charge on any atom is 1.00 e. The fourth-order valence-corrected chi connectivity index (χ4v) is 8.99. The molecule has 3 N–H and O–H groups in total. The van der Waals surface area contributed by atoms with Crippen LogP contribution in [-0.2, 0) is 49.7 Å². The van der Waals surface area contributed by atoms with Gasteiger partial charge in [0.1, 0.15) is 11.5 Å². The predicted octanol–water partition coefficient (Wildman–Crippen LogP) is 8.17. The van der Waals surface area contributed by atoms with E-state index in [0.29, 0.717) is 23.0 Å². The molecular formula is C42H62Br2CuNaO5. The maximum absolute atomic E-state index is 10.1. The molecule has 0 saturated carbocycles. The summed E-state index contributed by atoms with van der Waals surface area (Å²) < 4.78 is 6.31. The van der Waals surface area contributed by atoms with Gasteiger partial charge in [0, 0.05) is 5.56 Å². The number of phenols is 3. The summed E-state index contributed by atoms with van der Waals surface area (Å²) in [5.74, 6) is 1.83. The molecule has 0 saturated heterocycles. The van der Waals surface area contributed by atoms with E-state index in [0.717, 1.165) is 47.5 Å². The Morgan fingerprint density at radius 2 is 1.04 bits per heavy atom. The van der Waals surface area contributed by atoms with Crippen LogP contribution in [0.4, 0.5) is 0 Å². The van der Waals surface area contributed by atoms with Gasteiger partial charge in [-0.1, -0.05) is 67.2 Å². The average molecular weight is 893 g/mol. The molecule has 5 nitrogen and oxygen atoms in total. The first kappa shape index (κ1) is 50.3. The molecule has 3 aliphatic rings. The third kappa shape index (κ3) is 11.9. The molecule has 0 spiro atoms. The van der Waals surface area contributed by atoms with Gasteiger partial charge in [-0.05, 0) is 161 Å². The molecule has 0 unspecified atom stereocenters. The molecule has 286 valence electrons. The number of halogens is 2. The summed E-state index contributed by atoms with van der Waals surface area (Å²) in [5.41, 5.74) is 11.4. The van der Waals surface area contributed by atoms with Crippen molar-refractivity contribution >= 4 is 30.0 Å². The SMILES string of the molecule is C.COc1c(O)c(C)cc2c1C(C)(C)CCC2.C[O-].Cc1cc2c(c(Br)c1O)C(C)(C)CCC2.Cc1cc2c(cc1O)C(C)(C)CCC2.[Cu][Br].[Na+]. The smallest absolute Gasteiger partial charge is 1.00 e. The molecule has 3 aliphatic carbocycles. The first-order chi connectivity index (χ1) is 22.9. The molecule has 3 aromatic carbocycles. The molecule has 0 heterocycles. The molecular weight excluding hydrogens is 831 g/mol. The van der Waals surface area contributed by atoms with Crippen molar-refractivity contribution < 1.29 is 68.9 Å². The summed E-state index contributed by atoms with van der Waals surface area (Å²) in [6.07, 6.45) is 10.7. The number of ether oxygens (including phenoxy) is 1. The Morgan fingerprint density at radius 3 is 1.53 bits per heavy atom. The van der Waals surface area contributed by atoms with E-state index in [2.05, 4.69) is 104 Å². The maximum Gasteiger partial charge on any atom is 1.00 e. The second kappa shape index (κ2) is 21.4. The van der Waals surface area contributed by atoms with Gasteiger partial charge in [-0.3, -0.25) is 0 Å². The molecule has 0 atom stereocenters. The Balaban J connectivity index is 0.000000688. The fourth-order valence-electron chi connectivity index (χ4n) is 7.89. The van der Waals surface area contributed by atoms with Crippen LogP contribution >= 0.6 is 30.0 Å². The second-order valence-electron chi connectivity index (χ2n) is 15.5. The first-order valence-corrected chi connectivity index (χ1v) is 20.3. The van der Waals surface area contributed by atoms with E-state index in [1.807, 2.05) is 26.8 Å². The second-order valence-corrected chi connectivity index (χ2v) is 16.3. The molecule has 0 fully saturated rings. The van der Waals surface area contributed by atoms with E-state index in [1.165, 1.54) is 71.9 Å². The number of aromatic hydroxyl groups is 3. The number of hydrogen-bond donors (Lipinski definition) is 3. The molecule has 0 radical (unpaired) electrons. The Hall–Kier alpha value is -0.701. The van der Waals surface area contributed by atoms with Crippen LogP contribution in [0.3, 0.4) is 0 Å². The third-order valence-electron chi connectivity index (χ3n) is 10.5. The van der Waals surface area contributed by atoms with E-state index >= 15 is 0 Å². The van der Waals surface area contributed by atoms with Crippen LogP contribution in [0.15, 0.2) is 28.7 Å². The van der Waals surface area contributed by atoms with Crippen molar-refractivity contribution in [2.45, 2.75) is 144 Å². The Labute approximate surface area is 355 Å². The van der Waals surface area contributed by atoms with Crippen molar-refractivity contribution in [1.82, 2.24) is 0 Å². The minimum absolute atomic E-state index is 0. The summed E-state index contributed by atoms with van der Waals surface area (Å²) in [6.45, 7) is 19.3. The van der Waals surface area contributed by atoms with Gasteiger partial charge in [0.25, 0.3) is 0 Å². The third-order valence-corrected chi connectivity index (χ3v) is 11.3. The predicted molar refractivity (Wildman–Crippen MR) is 212 cm³/mol. The van der Waals surface area contributed by atoms with Gasteiger partial charge in [-0.2, -0.15) is 7.11 Å². The summed E-state index contributed by atoms with van der Waals surface area (Å²) in [5, 5.41) is 38.0. The zero-order valence-corrected chi connectivity index (χ0v) is 38.5. The monoisotopic (exact) mass is 890 g/mol. The van der Waals surface area contributed by atoms with E-state index < -0.39 is 0 Å². The van der Waals surface area contributed by atoms with Crippen LogP contribution in [0, 0.1) is 20.8 Å². The number of benzene rings is 3. The number of hydrogen-bond acceptors (Lipinski definition) is 5. The largest absolute Gasteiger partial charge is 1.00 e. The Morgan fingerprint density at radius 1 is 0.647 bits per heavy atom.